The number of rotatable bonds is 1. The first-order valence-corrected chi connectivity index (χ1v) is 9.01. The van der Waals surface area contributed by atoms with Crippen LogP contribution in [0.3, 0.4) is 0 Å². The molecule has 130 valence electrons. The second-order valence-electron chi connectivity index (χ2n) is 8.59. The summed E-state index contributed by atoms with van der Waals surface area (Å²) in [6.07, 6.45) is 6.36. The smallest absolute Gasteiger partial charge is 0.319 e. The van der Waals surface area contributed by atoms with Gasteiger partial charge in [0.1, 0.15) is 17.1 Å². The van der Waals surface area contributed by atoms with Crippen molar-refractivity contribution < 1.29 is 19.4 Å². The first kappa shape index (κ1) is 16.1. The summed E-state index contributed by atoms with van der Waals surface area (Å²) in [4.78, 5) is 25.5. The molecule has 0 aromatic rings. The average Bonchev–Trinajstić information content (AvgIpc) is 2.56. The quantitative estimate of drug-likeness (QED) is 0.751. The number of carbonyl (C=O) groups is 2. The van der Waals surface area contributed by atoms with Gasteiger partial charge in [0.15, 0.2) is 5.78 Å². The highest BCUT2D eigenvalue weighted by molar-refractivity contribution is 5.99. The Labute approximate surface area is 143 Å². The predicted molar refractivity (Wildman–Crippen MR) is 88.9 cm³/mol. The summed E-state index contributed by atoms with van der Waals surface area (Å²) in [7, 11) is 0. The number of ether oxygens (including phenoxy) is 1. The van der Waals surface area contributed by atoms with E-state index in [1.165, 1.54) is 5.57 Å². The number of hydrogen-bond acceptors (Lipinski definition) is 4. The zero-order valence-corrected chi connectivity index (χ0v) is 14.7. The Balaban J connectivity index is 1.84. The molecule has 4 heteroatoms. The van der Waals surface area contributed by atoms with Crippen molar-refractivity contribution in [3.8, 4) is 0 Å². The lowest BCUT2D eigenvalue weighted by atomic mass is 9.39. The molecule has 4 aliphatic rings. The number of ketones is 1. The van der Waals surface area contributed by atoms with Gasteiger partial charge in [-0.15, -0.1) is 0 Å². The third-order valence-electron chi connectivity index (χ3n) is 7.99. The highest BCUT2D eigenvalue weighted by Crippen LogP contribution is 2.68. The van der Waals surface area contributed by atoms with Crippen molar-refractivity contribution in [2.45, 2.75) is 58.2 Å². The first-order chi connectivity index (χ1) is 11.2. The molecule has 1 saturated heterocycles. The van der Waals surface area contributed by atoms with Gasteiger partial charge in [0.2, 0.25) is 0 Å². The van der Waals surface area contributed by atoms with Crippen LogP contribution in [0.5, 0.6) is 0 Å². The van der Waals surface area contributed by atoms with Crippen LogP contribution in [0.1, 0.15) is 46.5 Å². The van der Waals surface area contributed by atoms with Gasteiger partial charge < -0.3 is 9.84 Å². The van der Waals surface area contributed by atoms with E-state index in [-0.39, 0.29) is 29.6 Å². The van der Waals surface area contributed by atoms with Crippen molar-refractivity contribution >= 4 is 11.8 Å². The van der Waals surface area contributed by atoms with Crippen LogP contribution in [0.2, 0.25) is 0 Å². The topological polar surface area (TPSA) is 63.6 Å². The minimum absolute atomic E-state index is 0.174. The lowest BCUT2D eigenvalue weighted by molar-refractivity contribution is -0.296. The van der Waals surface area contributed by atoms with Crippen LogP contribution in [0.25, 0.3) is 0 Å². The normalized spacial score (nSPS) is 52.9. The lowest BCUT2D eigenvalue weighted by Gasteiger charge is -2.68. The van der Waals surface area contributed by atoms with Crippen molar-refractivity contribution in [3.63, 3.8) is 0 Å². The van der Waals surface area contributed by atoms with Crippen LogP contribution < -0.4 is 0 Å². The Morgan fingerprint density at radius 1 is 1.38 bits per heavy atom. The minimum atomic E-state index is -1.61. The van der Waals surface area contributed by atoms with Crippen LogP contribution in [-0.2, 0) is 14.3 Å². The predicted octanol–water partition coefficient (Wildman–Crippen LogP) is 2.81. The molecule has 4 nitrogen and oxygen atoms in total. The number of carbonyl (C=O) groups excluding carboxylic acids is 2. The molecule has 0 unspecified atom stereocenters. The molecule has 0 aromatic carbocycles. The van der Waals surface area contributed by atoms with E-state index in [9.17, 15) is 14.7 Å². The van der Waals surface area contributed by atoms with E-state index >= 15 is 0 Å². The molecule has 3 fully saturated rings. The molecule has 1 aliphatic heterocycles. The van der Waals surface area contributed by atoms with E-state index in [1.807, 2.05) is 13.0 Å². The standard InChI is InChI=1S/C20H26O4/c1-5-12-6-7-14-13(11(12)2)10-15(21)20(23)18(14,3)9-8-16-19(20,4)17(22)24-16/h5-6,11,13-14,16,23H,1,7-10H2,2-4H3/t11-,13-,14-,16-,18+,19+,20-/m0/s1. The number of Topliss-reactive ketones (excluding diaryl/α,β-unsaturated/α-hetero) is 1. The Kier molecular flexibility index (Phi) is 3.08. The minimum Gasteiger partial charge on any atom is -0.460 e. The van der Waals surface area contributed by atoms with Gasteiger partial charge >= 0.3 is 5.97 Å². The van der Waals surface area contributed by atoms with Gasteiger partial charge in [0.05, 0.1) is 0 Å². The van der Waals surface area contributed by atoms with E-state index in [2.05, 4.69) is 19.6 Å². The molecule has 0 bridgehead atoms. The SMILES string of the molecule is C=CC1=CC[C@H]2[C@@H](CC(=O)[C@@]3(O)[C@@]4(C)C(=O)O[C@H]4CC[C@]23C)[C@H]1C. The fourth-order valence-corrected chi connectivity index (χ4v) is 6.34. The van der Waals surface area contributed by atoms with Crippen molar-refractivity contribution in [1.29, 1.82) is 0 Å². The molecule has 1 N–H and O–H groups in total. The number of allylic oxidation sites excluding steroid dienone is 3. The van der Waals surface area contributed by atoms with Gasteiger partial charge in [-0.3, -0.25) is 9.59 Å². The second-order valence-corrected chi connectivity index (χ2v) is 8.59. The molecule has 0 aromatic heterocycles. The summed E-state index contributed by atoms with van der Waals surface area (Å²) in [5, 5.41) is 11.7. The molecule has 4 rings (SSSR count). The Hall–Kier alpha value is -1.42. The fraction of sp³-hybridized carbons (Fsp3) is 0.700. The summed E-state index contributed by atoms with van der Waals surface area (Å²) in [5.74, 6) is 0.0683. The number of aliphatic hydroxyl groups is 1. The highest BCUT2D eigenvalue weighted by Gasteiger charge is 2.79. The summed E-state index contributed by atoms with van der Waals surface area (Å²) in [6.45, 7) is 9.80. The van der Waals surface area contributed by atoms with Crippen LogP contribution >= 0.6 is 0 Å². The van der Waals surface area contributed by atoms with Gasteiger partial charge in [-0.05, 0) is 49.5 Å². The molecular weight excluding hydrogens is 304 g/mol. The molecule has 7 atom stereocenters. The zero-order valence-electron chi connectivity index (χ0n) is 14.7. The van der Waals surface area contributed by atoms with Gasteiger partial charge in [-0.2, -0.15) is 0 Å². The van der Waals surface area contributed by atoms with Crippen LogP contribution in [0.15, 0.2) is 24.3 Å². The summed E-state index contributed by atoms with van der Waals surface area (Å²) in [6, 6.07) is 0. The van der Waals surface area contributed by atoms with E-state index in [1.54, 1.807) is 6.92 Å². The lowest BCUT2D eigenvalue weighted by Crippen LogP contribution is -2.80. The van der Waals surface area contributed by atoms with Gasteiger partial charge in [0, 0.05) is 11.8 Å². The molecule has 0 amide bonds. The van der Waals surface area contributed by atoms with Crippen LogP contribution in [-0.4, -0.2) is 28.6 Å². The average molecular weight is 330 g/mol. The largest absolute Gasteiger partial charge is 0.460 e. The van der Waals surface area contributed by atoms with Crippen molar-refractivity contribution in [2.75, 3.05) is 0 Å². The third-order valence-corrected chi connectivity index (χ3v) is 7.99. The first-order valence-electron chi connectivity index (χ1n) is 9.01. The molecule has 0 radical (unpaired) electrons. The van der Waals surface area contributed by atoms with Crippen molar-refractivity contribution in [3.05, 3.63) is 24.3 Å². The van der Waals surface area contributed by atoms with Crippen LogP contribution in [0, 0.1) is 28.6 Å². The van der Waals surface area contributed by atoms with Crippen molar-refractivity contribution in [1.82, 2.24) is 0 Å². The Bertz CT molecular complexity index is 679. The zero-order chi connectivity index (χ0) is 17.5. The molecule has 24 heavy (non-hydrogen) atoms. The molecule has 0 spiro atoms. The molecule has 1 heterocycles. The van der Waals surface area contributed by atoms with Gasteiger partial charge in [-0.25, -0.2) is 0 Å². The maximum Gasteiger partial charge on any atom is 0.319 e. The summed E-state index contributed by atoms with van der Waals surface area (Å²) >= 11 is 0. The maximum atomic E-state index is 13.2. The van der Waals surface area contributed by atoms with Gasteiger partial charge in [-0.1, -0.05) is 32.6 Å². The van der Waals surface area contributed by atoms with Crippen LogP contribution in [0.4, 0.5) is 0 Å². The van der Waals surface area contributed by atoms with E-state index in [0.717, 1.165) is 12.8 Å². The molecule has 3 aliphatic carbocycles. The number of esters is 1. The molecular formula is C20H26O4. The maximum absolute atomic E-state index is 13.2. The highest BCUT2D eigenvalue weighted by atomic mass is 16.6. The molecule has 2 saturated carbocycles. The monoisotopic (exact) mass is 330 g/mol. The van der Waals surface area contributed by atoms with E-state index < -0.39 is 22.4 Å². The van der Waals surface area contributed by atoms with E-state index in [0.29, 0.717) is 12.8 Å². The Morgan fingerprint density at radius 2 is 2.08 bits per heavy atom. The number of fused-ring (bicyclic) bond motifs is 5. The summed E-state index contributed by atoms with van der Waals surface area (Å²) in [5.41, 5.74) is -2.09. The van der Waals surface area contributed by atoms with Crippen molar-refractivity contribution in [2.24, 2.45) is 28.6 Å². The summed E-state index contributed by atoms with van der Waals surface area (Å²) < 4.78 is 5.27. The van der Waals surface area contributed by atoms with E-state index in [4.69, 9.17) is 4.74 Å². The fourth-order valence-electron chi connectivity index (χ4n) is 6.34. The van der Waals surface area contributed by atoms with Gasteiger partial charge in [0.25, 0.3) is 0 Å². The second kappa shape index (κ2) is 4.60. The number of hydrogen-bond donors (Lipinski definition) is 1. The Morgan fingerprint density at radius 3 is 2.71 bits per heavy atom. The third kappa shape index (κ3) is 1.46.